The molecule has 0 bridgehead atoms. The number of halogens is 1. The summed E-state index contributed by atoms with van der Waals surface area (Å²) in [4.78, 5) is 0. The van der Waals surface area contributed by atoms with Gasteiger partial charge in [-0.2, -0.15) is 0 Å². The first-order valence-corrected chi connectivity index (χ1v) is 8.12. The largest absolute Gasteiger partial charge is 2.00 e. The Morgan fingerprint density at radius 2 is 0.750 bits per heavy atom. The molecule has 0 aromatic heterocycles. The topological polar surface area (TPSA) is 0 Å². The third-order valence-corrected chi connectivity index (χ3v) is 1.05. The summed E-state index contributed by atoms with van der Waals surface area (Å²) in [6.45, 7) is 26.8. The van der Waals surface area contributed by atoms with Crippen molar-refractivity contribution in [2.45, 2.75) is 32.3 Å². The van der Waals surface area contributed by atoms with Gasteiger partial charge in [0.25, 0.3) is 0 Å². The van der Waals surface area contributed by atoms with E-state index in [1.165, 1.54) is 0 Å². The van der Waals surface area contributed by atoms with Crippen LogP contribution in [0.3, 0.4) is 0 Å². The third-order valence-electron chi connectivity index (χ3n) is 1.05. The first kappa shape index (κ1) is 36.7. The van der Waals surface area contributed by atoms with E-state index in [9.17, 15) is 0 Å². The fraction of sp³-hybridized carbons (Fsp3) is 0.294. The molecule has 0 aliphatic heterocycles. The standard InChI is InChI=1S/3C5H8.2CH3.2Al.ClH/c3*1-4-5(2)3;;;;;/h3*4H,1-2H2,3H3;2*1H3;;;1H/q;;;;;-1;+2;/p-1. The van der Waals surface area contributed by atoms with E-state index in [1.807, 2.05) is 20.8 Å². The van der Waals surface area contributed by atoms with Crippen LogP contribution in [-0.4, -0.2) is 32.6 Å². The molecule has 20 heavy (non-hydrogen) atoms. The Morgan fingerprint density at radius 3 is 0.750 bits per heavy atom. The fourth-order valence-corrected chi connectivity index (χ4v) is 0. The zero-order valence-corrected chi connectivity index (χ0v) is 17.1. The predicted molar refractivity (Wildman–Crippen MR) is 98.3 cm³/mol. The second kappa shape index (κ2) is 36.4. The second-order valence-electron chi connectivity index (χ2n) is 3.73. The van der Waals surface area contributed by atoms with Crippen LogP contribution >= 0.6 is 0 Å². The van der Waals surface area contributed by atoms with Gasteiger partial charge in [-0.25, -0.2) is 0 Å². The maximum absolute atomic E-state index is 3.56. The molecule has 0 aromatic rings. The van der Waals surface area contributed by atoms with Crippen molar-refractivity contribution in [2.75, 3.05) is 0 Å². The Labute approximate surface area is 151 Å². The van der Waals surface area contributed by atoms with Crippen LogP contribution in [0.2, 0.25) is 11.6 Å². The summed E-state index contributed by atoms with van der Waals surface area (Å²) in [6.07, 6.45) is 5.17. The van der Waals surface area contributed by atoms with Gasteiger partial charge in [0.1, 0.15) is 0 Å². The van der Waals surface area contributed by atoms with E-state index in [0.29, 0.717) is 0 Å². The number of hydrogen-bond acceptors (Lipinski definition) is 0. The smallest absolute Gasteiger partial charge is 1.00 e. The molecule has 0 amide bonds. The van der Waals surface area contributed by atoms with Gasteiger partial charge >= 0.3 is 17.4 Å². The normalized spacial score (nSPS) is 5.85. The molecule has 0 fully saturated rings. The van der Waals surface area contributed by atoms with E-state index in [1.54, 1.807) is 18.2 Å². The summed E-state index contributed by atoms with van der Waals surface area (Å²) in [5.74, 6) is 4.42. The monoisotopic (exact) mass is 323 g/mol. The molecule has 3 radical (unpaired) electrons. The maximum Gasteiger partial charge on any atom is 2.00 e. The SMILES string of the molecule is C=CC(=C)C.C=CC(=C)C.C=CC(=C)C.[Al+2].[CH3][Al-][CH3].[Cl-]. The van der Waals surface area contributed by atoms with E-state index in [4.69, 9.17) is 0 Å². The van der Waals surface area contributed by atoms with Gasteiger partial charge in [-0.15, -0.1) is 0 Å². The molecular weight excluding hydrogens is 294 g/mol. The molecule has 0 atom stereocenters. The summed E-state index contributed by atoms with van der Waals surface area (Å²) in [7, 11) is 0. The summed E-state index contributed by atoms with van der Waals surface area (Å²) in [5, 5.41) is 0. The second-order valence-corrected chi connectivity index (χ2v) is 4.88. The van der Waals surface area contributed by atoms with Gasteiger partial charge in [0.2, 0.25) is 0 Å². The van der Waals surface area contributed by atoms with Crippen LogP contribution in [0.1, 0.15) is 20.8 Å². The van der Waals surface area contributed by atoms with Crippen LogP contribution in [0.15, 0.2) is 74.4 Å². The molecule has 0 N–H and O–H groups in total. The molecule has 3 heteroatoms. The molecular formula is C17H30Al2Cl. The van der Waals surface area contributed by atoms with Gasteiger partial charge in [-0.1, -0.05) is 74.4 Å². The van der Waals surface area contributed by atoms with Gasteiger partial charge < -0.3 is 12.4 Å². The summed E-state index contributed by atoms with van der Waals surface area (Å²) in [6, 6.07) is 0. The molecule has 0 nitrogen and oxygen atoms in total. The Balaban J connectivity index is -0.0000000321. The fourth-order valence-electron chi connectivity index (χ4n) is 0. The number of rotatable bonds is 3. The van der Waals surface area contributed by atoms with E-state index >= 15 is 0 Å². The number of allylic oxidation sites excluding steroid dienone is 6. The van der Waals surface area contributed by atoms with Crippen molar-refractivity contribution in [3.8, 4) is 0 Å². The van der Waals surface area contributed by atoms with Gasteiger partial charge in [0, 0.05) is 0 Å². The minimum absolute atomic E-state index is 0. The van der Waals surface area contributed by atoms with Crippen molar-refractivity contribution in [1.29, 1.82) is 0 Å². The molecule has 0 aliphatic carbocycles. The third kappa shape index (κ3) is 149. The molecule has 0 saturated heterocycles. The summed E-state index contributed by atoms with van der Waals surface area (Å²) >= 11 is 0.750. The van der Waals surface area contributed by atoms with Crippen LogP contribution in [0, 0.1) is 0 Å². The molecule has 111 valence electrons. The van der Waals surface area contributed by atoms with Crippen LogP contribution in [0.25, 0.3) is 0 Å². The van der Waals surface area contributed by atoms with Crippen LogP contribution in [0.5, 0.6) is 0 Å². The Hall–Kier alpha value is -0.205. The average molecular weight is 324 g/mol. The van der Waals surface area contributed by atoms with Crippen LogP contribution in [0.4, 0.5) is 0 Å². The van der Waals surface area contributed by atoms with Crippen LogP contribution in [-0.2, 0) is 0 Å². The zero-order valence-electron chi connectivity index (χ0n) is 14.0. The minimum atomic E-state index is 0. The van der Waals surface area contributed by atoms with Crippen LogP contribution < -0.4 is 12.4 Å². The maximum atomic E-state index is 3.56. The number of hydrogen-bond donors (Lipinski definition) is 0. The van der Waals surface area contributed by atoms with Crippen molar-refractivity contribution >= 4 is 32.6 Å². The van der Waals surface area contributed by atoms with Gasteiger partial charge in [-0.3, -0.25) is 26.8 Å². The van der Waals surface area contributed by atoms with Gasteiger partial charge in [-0.05, 0) is 20.8 Å². The van der Waals surface area contributed by atoms with Gasteiger partial charge in [0.15, 0.2) is 0 Å². The van der Waals surface area contributed by atoms with E-state index in [2.05, 4.69) is 51.0 Å². The molecule has 0 spiro atoms. The Morgan fingerprint density at radius 1 is 0.700 bits per heavy atom. The van der Waals surface area contributed by atoms with Crippen molar-refractivity contribution in [3.63, 3.8) is 0 Å². The molecule has 0 rings (SSSR count). The molecule has 0 unspecified atom stereocenters. The van der Waals surface area contributed by atoms with Crippen molar-refractivity contribution in [2.24, 2.45) is 0 Å². The molecule has 0 aliphatic rings. The van der Waals surface area contributed by atoms with Gasteiger partial charge in [0.05, 0.1) is 0 Å². The van der Waals surface area contributed by atoms with E-state index in [-0.39, 0.29) is 29.8 Å². The quantitative estimate of drug-likeness (QED) is 0.553. The predicted octanol–water partition coefficient (Wildman–Crippen LogP) is 2.66. The van der Waals surface area contributed by atoms with Crippen molar-refractivity contribution in [3.05, 3.63) is 74.4 Å². The first-order valence-electron chi connectivity index (χ1n) is 5.81. The minimum Gasteiger partial charge on any atom is -1.00 e. The van der Waals surface area contributed by atoms with Crippen molar-refractivity contribution < 1.29 is 12.4 Å². The Bertz CT molecular complexity index is 223. The molecule has 0 saturated carbocycles. The zero-order chi connectivity index (χ0) is 15.6. The molecule has 0 heterocycles. The Kier molecular flexibility index (Phi) is 66.8. The van der Waals surface area contributed by atoms with E-state index in [0.717, 1.165) is 31.9 Å². The summed E-state index contributed by atoms with van der Waals surface area (Å²) < 4.78 is 0. The van der Waals surface area contributed by atoms with E-state index < -0.39 is 0 Å². The average Bonchev–Trinajstić information content (AvgIpc) is 2.31. The summed E-state index contributed by atoms with van der Waals surface area (Å²) in [5.41, 5.74) is 3.06. The first-order chi connectivity index (χ1) is 8.22. The molecule has 0 aromatic carbocycles. The van der Waals surface area contributed by atoms with Crippen molar-refractivity contribution in [1.82, 2.24) is 0 Å².